The maximum Gasteiger partial charge on any atom is 0.227 e. The molecule has 0 aromatic carbocycles. The molecule has 8 rings (SSSR count). The summed E-state index contributed by atoms with van der Waals surface area (Å²) in [5.74, 6) is -4.31. The number of likely N-dealkylation sites (tertiary alicyclic amines) is 2. The van der Waals surface area contributed by atoms with E-state index in [-0.39, 0.29) is 153 Å². The van der Waals surface area contributed by atoms with Crippen molar-refractivity contribution in [3.05, 3.63) is 12.7 Å². The van der Waals surface area contributed by atoms with Gasteiger partial charge in [0, 0.05) is 88.1 Å². The number of Topliss-reactive ketones (excluding diaryl/α,β-unsaturated/α-hetero) is 8. The molecule has 8 aliphatic rings. The lowest BCUT2D eigenvalue weighted by Crippen LogP contribution is -2.51. The van der Waals surface area contributed by atoms with Gasteiger partial charge in [-0.05, 0) is 174 Å². The van der Waals surface area contributed by atoms with Crippen LogP contribution in [0.3, 0.4) is 0 Å². The van der Waals surface area contributed by atoms with Gasteiger partial charge in [0.25, 0.3) is 0 Å². The fraction of sp³-hybridized carbons (Fsp3) is 0.854. The average molecular weight is 1440 g/mol. The molecule has 2 aliphatic heterocycles. The fourth-order valence-corrected chi connectivity index (χ4v) is 21.0. The minimum Gasteiger partial charge on any atom is -0.332 e. The third-order valence-electron chi connectivity index (χ3n) is 25.2. The van der Waals surface area contributed by atoms with E-state index < -0.39 is 104 Å². The van der Waals surface area contributed by atoms with Gasteiger partial charge in [-0.25, -0.2) is 16.8 Å². The van der Waals surface area contributed by atoms with Gasteiger partial charge in [-0.1, -0.05) is 155 Å². The van der Waals surface area contributed by atoms with Crippen LogP contribution in [0.1, 0.15) is 306 Å². The van der Waals surface area contributed by atoms with E-state index in [1.807, 2.05) is 48.5 Å². The Hall–Kier alpha value is -4.06. The maximum atomic E-state index is 14.6. The van der Waals surface area contributed by atoms with Gasteiger partial charge < -0.3 is 9.80 Å². The van der Waals surface area contributed by atoms with Crippen LogP contribution in [0.5, 0.6) is 0 Å². The average Bonchev–Trinajstić information content (AvgIpc) is 1.53. The van der Waals surface area contributed by atoms with Crippen LogP contribution in [-0.4, -0.2) is 131 Å². The Bertz CT molecular complexity index is 3240. The van der Waals surface area contributed by atoms with Crippen molar-refractivity contribution in [3.8, 4) is 0 Å². The second-order valence-electron chi connectivity index (χ2n) is 37.9. The molecule has 0 N–H and O–H groups in total. The predicted octanol–water partition coefficient (Wildman–Crippen LogP) is 15.7. The number of allylic oxidation sites excluding steroid dienone is 1. The van der Waals surface area contributed by atoms with Crippen molar-refractivity contribution in [2.45, 2.75) is 327 Å². The Morgan fingerprint density at radius 3 is 1.20 bits per heavy atom. The van der Waals surface area contributed by atoms with Gasteiger partial charge in [-0.15, -0.1) is 6.58 Å². The van der Waals surface area contributed by atoms with Crippen LogP contribution in [-0.2, 0) is 67.6 Å². The second kappa shape index (κ2) is 32.8. The van der Waals surface area contributed by atoms with Crippen molar-refractivity contribution in [1.29, 1.82) is 0 Å². The Morgan fingerprint density at radius 1 is 0.510 bits per heavy atom. The number of carbonyl (C=O) groups is 10. The van der Waals surface area contributed by atoms with Crippen LogP contribution < -0.4 is 0 Å². The van der Waals surface area contributed by atoms with Crippen LogP contribution in [0.4, 0.5) is 0 Å². The summed E-state index contributed by atoms with van der Waals surface area (Å²) in [6.07, 6.45) is 17.5. The van der Waals surface area contributed by atoms with Gasteiger partial charge >= 0.3 is 0 Å². The fourth-order valence-electron chi connectivity index (χ4n) is 17.8. The highest BCUT2D eigenvalue weighted by atomic mass is 32.2. The van der Waals surface area contributed by atoms with Crippen molar-refractivity contribution in [1.82, 2.24) is 9.80 Å². The van der Waals surface area contributed by atoms with Gasteiger partial charge in [-0.3, -0.25) is 47.9 Å². The Kier molecular flexibility index (Phi) is 28.4. The van der Waals surface area contributed by atoms with Crippen LogP contribution in [0.25, 0.3) is 0 Å². The number of amides is 2. The highest BCUT2D eigenvalue weighted by Gasteiger charge is 2.71. The maximum absolute atomic E-state index is 14.6. The summed E-state index contributed by atoms with van der Waals surface area (Å²) >= 11 is 0. The van der Waals surface area contributed by atoms with Crippen molar-refractivity contribution < 1.29 is 64.8 Å². The minimum atomic E-state index is -3.46. The highest BCUT2D eigenvalue weighted by molar-refractivity contribution is 7.93. The molecule has 0 radical (unpaired) electrons. The molecule has 6 aliphatic carbocycles. The number of rotatable bonds is 34. The Morgan fingerprint density at radius 2 is 0.870 bits per heavy atom. The number of carbonyl (C=O) groups excluding carboxylic acids is 10. The number of ketones is 8. The molecule has 0 spiro atoms. The van der Waals surface area contributed by atoms with E-state index >= 15 is 0 Å². The van der Waals surface area contributed by atoms with E-state index in [2.05, 4.69) is 34.3 Å². The van der Waals surface area contributed by atoms with E-state index in [0.29, 0.717) is 76.3 Å². The zero-order chi connectivity index (χ0) is 73.5. The monoisotopic (exact) mass is 1440 g/mol. The van der Waals surface area contributed by atoms with E-state index in [0.717, 1.165) is 70.6 Å². The molecule has 0 bridgehead atoms. The van der Waals surface area contributed by atoms with Crippen LogP contribution >= 0.6 is 0 Å². The van der Waals surface area contributed by atoms with Gasteiger partial charge in [-0.2, -0.15) is 0 Å². The number of hydrogen-bond acceptors (Lipinski definition) is 14. The van der Waals surface area contributed by atoms with Crippen LogP contribution in [0.15, 0.2) is 12.7 Å². The summed E-state index contributed by atoms with van der Waals surface area (Å²) in [4.78, 5) is 141. The molecule has 570 valence electrons. The van der Waals surface area contributed by atoms with Crippen LogP contribution in [0, 0.1) is 91.7 Å². The highest BCUT2D eigenvalue weighted by Crippen LogP contribution is 2.67. The lowest BCUT2D eigenvalue weighted by atomic mass is 9.70. The third kappa shape index (κ3) is 20.7. The summed E-state index contributed by atoms with van der Waals surface area (Å²) in [5.41, 5.74) is -2.64. The van der Waals surface area contributed by atoms with E-state index in [4.69, 9.17) is 0 Å². The normalized spacial score (nSPS) is 25.5. The molecule has 100 heavy (non-hydrogen) atoms. The summed E-state index contributed by atoms with van der Waals surface area (Å²) in [5, 5.41) is 0. The molecule has 0 aromatic rings. The Labute approximate surface area is 605 Å². The quantitative estimate of drug-likeness (QED) is 0.0430. The smallest absolute Gasteiger partial charge is 0.227 e. The Balaban J connectivity index is 0.000000354. The number of hydrogen-bond donors (Lipinski definition) is 0. The number of piperidine rings is 2. The first-order chi connectivity index (χ1) is 45.1. The van der Waals surface area contributed by atoms with Crippen molar-refractivity contribution in [3.63, 3.8) is 0 Å². The summed E-state index contributed by atoms with van der Waals surface area (Å²) in [7, 11) is -6.92. The molecule has 0 aromatic heterocycles. The van der Waals surface area contributed by atoms with Crippen LogP contribution in [0.2, 0.25) is 0 Å². The summed E-state index contributed by atoms with van der Waals surface area (Å²) < 4.78 is 51.7. The first-order valence-corrected chi connectivity index (χ1v) is 41.3. The molecule has 18 heteroatoms. The lowest BCUT2D eigenvalue weighted by Gasteiger charge is -2.40. The van der Waals surface area contributed by atoms with E-state index in [1.165, 1.54) is 0 Å². The summed E-state index contributed by atoms with van der Waals surface area (Å²) in [6.45, 7) is 36.9. The van der Waals surface area contributed by atoms with Gasteiger partial charge in [0.15, 0.2) is 42.8 Å². The molecular formula is C82H136N2O14S2. The predicted molar refractivity (Wildman–Crippen MR) is 398 cm³/mol. The first kappa shape index (κ1) is 86.6. The lowest BCUT2D eigenvalue weighted by molar-refractivity contribution is -0.148. The molecule has 2 unspecified atom stereocenters. The molecule has 2 amide bonds. The number of fused-ring (bicyclic) bond motifs is 2. The molecular weight excluding hydrogens is 1300 g/mol. The first-order valence-electron chi connectivity index (χ1n) is 38.0. The molecule has 10 atom stereocenters. The van der Waals surface area contributed by atoms with Crippen molar-refractivity contribution in [2.24, 2.45) is 91.7 Å². The van der Waals surface area contributed by atoms with Crippen molar-refractivity contribution >= 4 is 77.8 Å². The standard InChI is InChI=1S/C41H65NO7S.C39H63NO7S.2CH4/c1-10-11-15-32(44)36(46)28(19-18-27-16-17-27)22-33(45)35-34-31(40(34,8)9)25-42(35)37(47)30(38(2,3)4)23-29(43)24-41(20-13-12-14-21-41)26-50(48,49)39(5,6)7;1-10-14-26(34(44)31(43)19-25-15-16-25)20-30(42)33-32-29(38(32,8)9)23-40(33)35(45)28(36(2,3)4)21-27(41)22-39(17-12-11-13-18-39)24-48(46,47)37(5,6)7;;/h10,27-28,30-31,34-35H,1,11-26H2,2-9H3;25-26,28-29,32-33H,10-24H2,1-9H3;2*1H4/t28-,30-,31?,34+,35-;26-,28-,29?,32+,33-;;/m11../s1. The largest absolute Gasteiger partial charge is 0.332 e. The molecule has 2 saturated heterocycles. The zero-order valence-corrected chi connectivity index (χ0v) is 65.2. The van der Waals surface area contributed by atoms with E-state index in [1.54, 1.807) is 57.4 Å². The van der Waals surface area contributed by atoms with E-state index in [9.17, 15) is 64.8 Å². The summed E-state index contributed by atoms with van der Waals surface area (Å²) in [6, 6.07) is -1.37. The zero-order valence-electron chi connectivity index (χ0n) is 63.6. The second-order valence-corrected chi connectivity index (χ2v) is 43.4. The van der Waals surface area contributed by atoms with Gasteiger partial charge in [0.05, 0.1) is 33.1 Å². The molecule has 6 saturated carbocycles. The molecule has 2 heterocycles. The molecule has 16 nitrogen and oxygen atoms in total. The topological polar surface area (TPSA) is 245 Å². The number of sulfone groups is 2. The molecule has 8 fully saturated rings. The minimum absolute atomic E-state index is 0. The van der Waals surface area contributed by atoms with Crippen molar-refractivity contribution in [2.75, 3.05) is 24.6 Å². The van der Waals surface area contributed by atoms with Gasteiger partial charge in [0.2, 0.25) is 23.4 Å². The SMILES string of the molecule is C.C.C=CCCC(=O)C(=O)[C@H](CCC1CC1)CC(=O)[C@@H]1[C@@H]2C(CN1C(=O)[C@@H](CC(=O)CC1(CS(=O)(=O)C(C)(C)C)CCCCC1)C(C)(C)C)C2(C)C.CCC[C@H](CC(=O)[C@@H]1[C@@H]2C(CN1C(=O)[C@@H](CC(=O)CC1(CS(=O)(=O)C(C)(C)C)CCCCC1)C(C)(C)C)C2(C)C)C(=O)C(=O)CC1CC1. The number of nitrogens with zero attached hydrogens (tertiary/aromatic N) is 2. The van der Waals surface area contributed by atoms with Gasteiger partial charge in [0.1, 0.15) is 11.6 Å². The third-order valence-corrected chi connectivity index (χ3v) is 30.9.